The number of fused-ring (bicyclic) bond motifs is 1. The third kappa shape index (κ3) is 11.1. The zero-order valence-corrected chi connectivity index (χ0v) is 29.4. The predicted octanol–water partition coefficient (Wildman–Crippen LogP) is 9.45. The number of piperazine rings is 1. The lowest BCUT2D eigenvalue weighted by Gasteiger charge is -2.36. The molecule has 0 aliphatic carbocycles. The Labute approximate surface area is 296 Å². The van der Waals surface area contributed by atoms with Crippen LogP contribution in [0.4, 0.5) is 5.69 Å². The normalized spacial score (nSPS) is 14.3. The predicted molar refractivity (Wildman–Crippen MR) is 205 cm³/mol. The highest BCUT2D eigenvalue weighted by Gasteiger charge is 2.22. The number of esters is 1. The Hall–Kier alpha value is -4.88. The van der Waals surface area contributed by atoms with E-state index in [2.05, 4.69) is 114 Å². The maximum Gasteiger partial charge on any atom is 0.422 e. The van der Waals surface area contributed by atoms with Crippen molar-refractivity contribution in [2.75, 3.05) is 31.1 Å². The molecule has 0 atom stereocenters. The fourth-order valence-electron chi connectivity index (χ4n) is 6.16. The van der Waals surface area contributed by atoms with Crippen LogP contribution in [0.3, 0.4) is 0 Å². The highest BCUT2D eigenvalue weighted by atomic mass is 16.5. The summed E-state index contributed by atoms with van der Waals surface area (Å²) in [4.78, 5) is 30.0. The van der Waals surface area contributed by atoms with Crippen molar-refractivity contribution in [3.05, 3.63) is 138 Å². The van der Waals surface area contributed by atoms with Gasteiger partial charge < -0.3 is 14.1 Å². The number of ether oxygens (including phenoxy) is 1. The van der Waals surface area contributed by atoms with Gasteiger partial charge >= 0.3 is 11.7 Å². The van der Waals surface area contributed by atoms with E-state index < -0.39 is 5.76 Å². The van der Waals surface area contributed by atoms with Crippen molar-refractivity contribution in [2.45, 2.75) is 71.6 Å². The lowest BCUT2D eigenvalue weighted by Crippen LogP contribution is -2.46. The molecule has 0 spiro atoms. The van der Waals surface area contributed by atoms with Crippen LogP contribution >= 0.6 is 0 Å². The lowest BCUT2D eigenvalue weighted by molar-refractivity contribution is -0.147. The van der Waals surface area contributed by atoms with Gasteiger partial charge in [-0.2, -0.15) is 0 Å². The summed E-state index contributed by atoms with van der Waals surface area (Å²) in [5.74, 6) is -0.825. The van der Waals surface area contributed by atoms with Crippen molar-refractivity contribution in [2.24, 2.45) is 0 Å². The summed E-state index contributed by atoms with van der Waals surface area (Å²) >= 11 is 0. The molecular formula is C43H51N3O4. The van der Waals surface area contributed by atoms with Gasteiger partial charge in [0.25, 0.3) is 0 Å². The number of hydrogen-bond donors (Lipinski definition) is 0. The molecule has 0 radical (unpaired) electrons. The third-order valence-corrected chi connectivity index (χ3v) is 8.90. The number of benzene rings is 3. The molecule has 50 heavy (non-hydrogen) atoms. The van der Waals surface area contributed by atoms with Gasteiger partial charge in [0.1, 0.15) is 0 Å². The summed E-state index contributed by atoms with van der Waals surface area (Å²) in [7, 11) is 0. The topological polar surface area (TPSA) is 67.9 Å². The average Bonchev–Trinajstić information content (AvgIpc) is 3.48. The molecule has 4 aromatic rings. The van der Waals surface area contributed by atoms with E-state index in [1.54, 1.807) is 0 Å². The van der Waals surface area contributed by atoms with Crippen LogP contribution in [0.1, 0.15) is 63.9 Å². The van der Waals surface area contributed by atoms with Crippen LogP contribution in [-0.4, -0.2) is 41.6 Å². The van der Waals surface area contributed by atoms with Gasteiger partial charge in [-0.3, -0.25) is 9.69 Å². The van der Waals surface area contributed by atoms with Gasteiger partial charge in [0.15, 0.2) is 12.3 Å². The van der Waals surface area contributed by atoms with E-state index >= 15 is 0 Å². The number of unbranched alkanes of at least 4 members (excludes halogenated alkanes) is 2. The largest absolute Gasteiger partial charge is 0.444 e. The number of nitrogens with zero attached hydrogens (tertiary/aromatic N) is 3. The SMILES string of the molecule is CC/C=C/C/C=C/C/C=C/C/C=C/CCCCC(=O)OCn1c(=O)oc2c(N3CCN(Cc4cccc(-c5ccccc5)c4)CC3)cccc21. The number of rotatable bonds is 18. The monoisotopic (exact) mass is 673 g/mol. The summed E-state index contributed by atoms with van der Waals surface area (Å²) in [6.07, 6.45) is 24.3. The van der Waals surface area contributed by atoms with Gasteiger partial charge in [0.05, 0.1) is 11.2 Å². The first-order valence-electron chi connectivity index (χ1n) is 18.1. The molecule has 5 rings (SSSR count). The molecule has 0 bridgehead atoms. The van der Waals surface area contributed by atoms with Gasteiger partial charge in [-0.15, -0.1) is 0 Å². The Kier molecular flexibility index (Phi) is 14.5. The smallest absolute Gasteiger partial charge is 0.422 e. The van der Waals surface area contributed by atoms with E-state index in [1.807, 2.05) is 24.3 Å². The molecule has 1 fully saturated rings. The molecule has 262 valence electrons. The highest BCUT2D eigenvalue weighted by Crippen LogP contribution is 2.28. The molecule has 1 aromatic heterocycles. The maximum atomic E-state index is 12.8. The lowest BCUT2D eigenvalue weighted by atomic mass is 10.0. The highest BCUT2D eigenvalue weighted by molar-refractivity contribution is 5.87. The second-order valence-electron chi connectivity index (χ2n) is 12.6. The number of carbonyl (C=O) groups is 1. The van der Waals surface area contributed by atoms with Gasteiger partial charge in [-0.1, -0.05) is 110 Å². The van der Waals surface area contributed by atoms with Crippen molar-refractivity contribution in [3.8, 4) is 11.1 Å². The Balaban J connectivity index is 1.02. The Morgan fingerprint density at radius 1 is 0.760 bits per heavy atom. The fourth-order valence-corrected chi connectivity index (χ4v) is 6.16. The van der Waals surface area contributed by atoms with Gasteiger partial charge in [0, 0.05) is 39.1 Å². The molecule has 1 aliphatic heterocycles. The van der Waals surface area contributed by atoms with Crippen LogP contribution < -0.4 is 10.7 Å². The quantitative estimate of drug-likeness (QED) is 0.0596. The second kappa shape index (κ2) is 20.0. The number of carbonyl (C=O) groups excluding carboxylic acids is 1. The summed E-state index contributed by atoms with van der Waals surface area (Å²) < 4.78 is 12.6. The minimum atomic E-state index is -0.517. The molecule has 0 N–H and O–H groups in total. The van der Waals surface area contributed by atoms with Crippen molar-refractivity contribution < 1.29 is 13.9 Å². The standard InChI is InChI=1S/C43H51N3O4/c1-2-3-4-5-6-7-8-9-10-11-12-13-14-15-19-28-41(47)49-35-46-40-27-21-26-39(42(40)50-43(46)48)45-31-29-44(30-32-45)34-36-22-20-25-38(33-36)37-23-17-16-18-24-37/h3-4,6-7,9-10,12-13,16-18,20-27,33H,2,5,8,11,14-15,19,28-32,34-35H2,1H3/b4-3+,7-6+,10-9+,13-12+. The second-order valence-corrected chi connectivity index (χ2v) is 12.6. The van der Waals surface area contributed by atoms with Crippen LogP contribution in [-0.2, 0) is 22.8 Å². The van der Waals surface area contributed by atoms with Crippen molar-refractivity contribution in [3.63, 3.8) is 0 Å². The van der Waals surface area contributed by atoms with E-state index in [1.165, 1.54) is 21.3 Å². The van der Waals surface area contributed by atoms with Crippen LogP contribution in [0, 0.1) is 0 Å². The first-order valence-corrected chi connectivity index (χ1v) is 18.1. The summed E-state index contributed by atoms with van der Waals surface area (Å²) in [5, 5.41) is 0. The number of allylic oxidation sites excluding steroid dienone is 8. The molecule has 1 aliphatic rings. The molecule has 0 saturated carbocycles. The molecule has 1 saturated heterocycles. The van der Waals surface area contributed by atoms with Gasteiger partial charge in [-0.05, 0) is 79.8 Å². The Morgan fingerprint density at radius 3 is 2.18 bits per heavy atom. The number of aromatic nitrogens is 1. The molecule has 7 nitrogen and oxygen atoms in total. The summed E-state index contributed by atoms with van der Waals surface area (Å²) in [5.41, 5.74) is 5.83. The van der Waals surface area contributed by atoms with Crippen molar-refractivity contribution >= 4 is 22.8 Å². The molecular weight excluding hydrogens is 622 g/mol. The van der Waals surface area contributed by atoms with Crippen LogP contribution in [0.5, 0.6) is 0 Å². The Morgan fingerprint density at radius 2 is 1.44 bits per heavy atom. The first kappa shape index (κ1) is 36.4. The number of anilines is 1. The minimum Gasteiger partial charge on any atom is -0.444 e. The zero-order valence-electron chi connectivity index (χ0n) is 29.4. The molecule has 0 amide bonds. The van der Waals surface area contributed by atoms with E-state index in [-0.39, 0.29) is 12.7 Å². The van der Waals surface area contributed by atoms with Gasteiger partial charge in [-0.25, -0.2) is 9.36 Å². The molecule has 0 unspecified atom stereocenters. The average molecular weight is 674 g/mol. The first-order chi connectivity index (χ1) is 24.6. The fraction of sp³-hybridized carbons (Fsp3) is 0.349. The van der Waals surface area contributed by atoms with Gasteiger partial charge in [0.2, 0.25) is 0 Å². The molecule has 2 heterocycles. The van der Waals surface area contributed by atoms with E-state index in [9.17, 15) is 9.59 Å². The van der Waals surface area contributed by atoms with Crippen LogP contribution in [0.2, 0.25) is 0 Å². The number of oxazole rings is 1. The number of hydrogen-bond acceptors (Lipinski definition) is 6. The van der Waals surface area contributed by atoms with E-state index in [0.717, 1.165) is 83.4 Å². The van der Waals surface area contributed by atoms with Crippen molar-refractivity contribution in [1.29, 1.82) is 0 Å². The molecule has 3 aromatic carbocycles. The third-order valence-electron chi connectivity index (χ3n) is 8.90. The van der Waals surface area contributed by atoms with E-state index in [4.69, 9.17) is 9.15 Å². The maximum absolute atomic E-state index is 12.8. The van der Waals surface area contributed by atoms with Crippen LogP contribution in [0.25, 0.3) is 22.2 Å². The summed E-state index contributed by atoms with van der Waals surface area (Å²) in [6, 6.07) is 25.0. The van der Waals surface area contributed by atoms with E-state index in [0.29, 0.717) is 17.5 Å². The minimum absolute atomic E-state index is 0.152. The van der Waals surface area contributed by atoms with Crippen molar-refractivity contribution in [1.82, 2.24) is 9.47 Å². The summed E-state index contributed by atoms with van der Waals surface area (Å²) in [6.45, 7) is 6.32. The zero-order chi connectivity index (χ0) is 34.8. The van der Waals surface area contributed by atoms with Crippen LogP contribution in [0.15, 0.2) is 131 Å². The number of para-hydroxylation sites is 1. The Bertz CT molecular complexity index is 1810. The molecule has 7 heteroatoms.